The van der Waals surface area contributed by atoms with Gasteiger partial charge < -0.3 is 0 Å². The summed E-state index contributed by atoms with van der Waals surface area (Å²) in [7, 11) is 0. The molecule has 0 atom stereocenters. The van der Waals surface area contributed by atoms with Crippen LogP contribution in [0.15, 0.2) is 6.07 Å². The van der Waals surface area contributed by atoms with Crippen molar-refractivity contribution in [2.75, 3.05) is 0 Å². The fraction of sp³-hybridized carbons (Fsp3) is 0.545. The van der Waals surface area contributed by atoms with Crippen LogP contribution in [-0.2, 0) is 16.1 Å². The number of aryl methyl sites for hydroxylation is 2. The quantitative estimate of drug-likeness (QED) is 0.728. The van der Waals surface area contributed by atoms with Crippen molar-refractivity contribution in [3.8, 4) is 0 Å². The minimum absolute atomic E-state index is 0.0870. The molecule has 17 heavy (non-hydrogen) atoms. The van der Waals surface area contributed by atoms with Crippen molar-refractivity contribution in [3.05, 3.63) is 17.5 Å². The van der Waals surface area contributed by atoms with Crippen LogP contribution < -0.4 is 10.9 Å². The molecule has 0 bridgehead atoms. The van der Waals surface area contributed by atoms with Gasteiger partial charge in [0.15, 0.2) is 0 Å². The Morgan fingerprint density at radius 1 is 1.41 bits per heavy atom. The second-order valence-corrected chi connectivity index (χ2v) is 4.40. The molecule has 1 aromatic heterocycles. The Balaban J connectivity index is 1.80. The highest BCUT2D eigenvalue weighted by Crippen LogP contribution is 2.28. The zero-order chi connectivity index (χ0) is 12.4. The maximum absolute atomic E-state index is 11.5. The number of nitrogens with zero attached hydrogens (tertiary/aromatic N) is 2. The van der Waals surface area contributed by atoms with E-state index in [2.05, 4.69) is 16.0 Å². The lowest BCUT2D eigenvalue weighted by Gasteiger charge is -2.07. The van der Waals surface area contributed by atoms with Crippen molar-refractivity contribution in [3.63, 3.8) is 0 Å². The molecule has 0 aliphatic heterocycles. The first-order chi connectivity index (χ1) is 8.06. The van der Waals surface area contributed by atoms with E-state index in [0.717, 1.165) is 24.2 Å². The van der Waals surface area contributed by atoms with Crippen molar-refractivity contribution in [2.24, 2.45) is 5.92 Å². The molecule has 1 aliphatic rings. The molecule has 0 unspecified atom stereocenters. The molecular formula is C11H16N4O2. The Bertz CT molecular complexity index is 448. The van der Waals surface area contributed by atoms with E-state index in [9.17, 15) is 9.59 Å². The molecule has 2 amide bonds. The van der Waals surface area contributed by atoms with Crippen LogP contribution in [0.1, 0.15) is 24.2 Å². The summed E-state index contributed by atoms with van der Waals surface area (Å²) >= 11 is 0. The molecule has 2 N–H and O–H groups in total. The molecule has 0 aromatic carbocycles. The van der Waals surface area contributed by atoms with Gasteiger partial charge in [0.2, 0.25) is 5.91 Å². The van der Waals surface area contributed by atoms with Crippen molar-refractivity contribution in [1.82, 2.24) is 20.6 Å². The van der Waals surface area contributed by atoms with E-state index in [1.807, 2.05) is 19.9 Å². The van der Waals surface area contributed by atoms with Crippen LogP contribution in [0.2, 0.25) is 0 Å². The summed E-state index contributed by atoms with van der Waals surface area (Å²) < 4.78 is 1.61. The molecule has 2 rings (SSSR count). The van der Waals surface area contributed by atoms with Crippen LogP contribution in [0.5, 0.6) is 0 Å². The smallest absolute Gasteiger partial charge is 0.260 e. The highest BCUT2D eigenvalue weighted by molar-refractivity contribution is 5.84. The average molecular weight is 236 g/mol. The van der Waals surface area contributed by atoms with Gasteiger partial charge >= 0.3 is 0 Å². The van der Waals surface area contributed by atoms with Crippen LogP contribution >= 0.6 is 0 Å². The zero-order valence-electron chi connectivity index (χ0n) is 9.99. The first-order valence-electron chi connectivity index (χ1n) is 5.66. The van der Waals surface area contributed by atoms with E-state index in [-0.39, 0.29) is 24.3 Å². The molecule has 0 saturated heterocycles. The molecule has 0 radical (unpaired) electrons. The van der Waals surface area contributed by atoms with Gasteiger partial charge in [0.05, 0.1) is 5.69 Å². The molecule has 1 fully saturated rings. The standard InChI is InChI=1S/C11H16N4O2/c1-7-5-8(2)15(14-7)6-10(16)12-13-11(17)9-3-4-9/h5,9H,3-4,6H2,1-2H3,(H,12,16)(H,13,17). The van der Waals surface area contributed by atoms with Crippen molar-refractivity contribution >= 4 is 11.8 Å². The number of rotatable bonds is 3. The molecule has 1 aromatic rings. The number of hydrogen-bond donors (Lipinski definition) is 2. The third-order valence-corrected chi connectivity index (χ3v) is 2.67. The molecular weight excluding hydrogens is 220 g/mol. The number of aromatic nitrogens is 2. The molecule has 1 saturated carbocycles. The fourth-order valence-electron chi connectivity index (χ4n) is 1.59. The van der Waals surface area contributed by atoms with E-state index in [0.29, 0.717) is 0 Å². The largest absolute Gasteiger partial charge is 0.273 e. The summed E-state index contributed by atoms with van der Waals surface area (Å²) in [5.74, 6) is -0.291. The number of amides is 2. The van der Waals surface area contributed by atoms with E-state index in [1.54, 1.807) is 4.68 Å². The van der Waals surface area contributed by atoms with Crippen molar-refractivity contribution < 1.29 is 9.59 Å². The number of hydrazine groups is 1. The third kappa shape index (κ3) is 3.05. The molecule has 1 aliphatic carbocycles. The van der Waals surface area contributed by atoms with Gasteiger partial charge in [0, 0.05) is 11.6 Å². The van der Waals surface area contributed by atoms with Crippen LogP contribution in [-0.4, -0.2) is 21.6 Å². The SMILES string of the molecule is Cc1cc(C)n(CC(=O)NNC(=O)C2CC2)n1. The molecule has 1 heterocycles. The lowest BCUT2D eigenvalue weighted by molar-refractivity contribution is -0.130. The van der Waals surface area contributed by atoms with E-state index >= 15 is 0 Å². The topological polar surface area (TPSA) is 76.0 Å². The molecule has 6 heteroatoms. The lowest BCUT2D eigenvalue weighted by Crippen LogP contribution is -2.44. The van der Waals surface area contributed by atoms with Crippen LogP contribution in [0, 0.1) is 19.8 Å². The normalized spacial score (nSPS) is 14.5. The minimum atomic E-state index is -0.273. The van der Waals surface area contributed by atoms with Gasteiger partial charge in [-0.15, -0.1) is 0 Å². The zero-order valence-corrected chi connectivity index (χ0v) is 9.99. The Labute approximate surface area is 99.3 Å². The highest BCUT2D eigenvalue weighted by Gasteiger charge is 2.29. The van der Waals surface area contributed by atoms with Gasteiger partial charge in [-0.1, -0.05) is 0 Å². The van der Waals surface area contributed by atoms with Gasteiger partial charge in [0.25, 0.3) is 5.91 Å². The summed E-state index contributed by atoms with van der Waals surface area (Å²) in [5, 5.41) is 4.17. The molecule has 0 spiro atoms. The Hall–Kier alpha value is -1.85. The highest BCUT2D eigenvalue weighted by atomic mass is 16.2. The summed E-state index contributed by atoms with van der Waals surface area (Å²) in [4.78, 5) is 22.8. The van der Waals surface area contributed by atoms with E-state index in [1.165, 1.54) is 0 Å². The van der Waals surface area contributed by atoms with Gasteiger partial charge in [-0.25, -0.2) is 0 Å². The monoisotopic (exact) mass is 236 g/mol. The van der Waals surface area contributed by atoms with Crippen molar-refractivity contribution in [2.45, 2.75) is 33.2 Å². The molecule has 6 nitrogen and oxygen atoms in total. The first-order valence-corrected chi connectivity index (χ1v) is 5.66. The van der Waals surface area contributed by atoms with Gasteiger partial charge in [-0.05, 0) is 32.8 Å². The number of nitrogens with one attached hydrogen (secondary N) is 2. The van der Waals surface area contributed by atoms with E-state index < -0.39 is 0 Å². The average Bonchev–Trinajstić information content (AvgIpc) is 3.04. The Morgan fingerprint density at radius 3 is 2.65 bits per heavy atom. The fourth-order valence-corrected chi connectivity index (χ4v) is 1.59. The van der Waals surface area contributed by atoms with E-state index in [4.69, 9.17) is 0 Å². The predicted molar refractivity (Wildman–Crippen MR) is 60.7 cm³/mol. The summed E-state index contributed by atoms with van der Waals surface area (Å²) in [6.45, 7) is 3.87. The van der Waals surface area contributed by atoms with Gasteiger partial charge in [-0.3, -0.25) is 25.1 Å². The second-order valence-electron chi connectivity index (χ2n) is 4.40. The number of hydrogen-bond acceptors (Lipinski definition) is 3. The van der Waals surface area contributed by atoms with Crippen molar-refractivity contribution in [1.29, 1.82) is 0 Å². The maximum atomic E-state index is 11.5. The first kappa shape index (κ1) is 11.6. The van der Waals surface area contributed by atoms with Gasteiger partial charge in [0.1, 0.15) is 6.54 Å². The maximum Gasteiger partial charge on any atom is 0.260 e. The summed E-state index contributed by atoms with van der Waals surface area (Å²) in [6, 6.07) is 1.90. The predicted octanol–water partition coefficient (Wildman–Crippen LogP) is 0.0573. The van der Waals surface area contributed by atoms with Crippen LogP contribution in [0.25, 0.3) is 0 Å². The lowest BCUT2D eigenvalue weighted by atomic mass is 10.4. The van der Waals surface area contributed by atoms with Gasteiger partial charge in [-0.2, -0.15) is 5.10 Å². The summed E-state index contributed by atoms with van der Waals surface area (Å²) in [6.07, 6.45) is 1.83. The van der Waals surface area contributed by atoms with Crippen LogP contribution in [0.3, 0.4) is 0 Å². The third-order valence-electron chi connectivity index (χ3n) is 2.67. The number of carbonyl (C=O) groups excluding carboxylic acids is 2. The summed E-state index contributed by atoms with van der Waals surface area (Å²) in [5.41, 5.74) is 6.60. The molecule has 92 valence electrons. The Morgan fingerprint density at radius 2 is 2.12 bits per heavy atom. The van der Waals surface area contributed by atoms with Crippen LogP contribution in [0.4, 0.5) is 0 Å². The minimum Gasteiger partial charge on any atom is -0.273 e. The number of carbonyl (C=O) groups is 2. The second kappa shape index (κ2) is 4.57. The Kier molecular flexibility index (Phi) is 3.12.